The molecule has 0 atom stereocenters. The van der Waals surface area contributed by atoms with Crippen molar-refractivity contribution in [2.75, 3.05) is 31.0 Å². The molecule has 0 radical (unpaired) electrons. The largest absolute Gasteiger partial charge is 0.497 e. The zero-order valence-electron chi connectivity index (χ0n) is 16.9. The topological polar surface area (TPSA) is 93.4 Å². The van der Waals surface area contributed by atoms with Gasteiger partial charge in [-0.05, 0) is 42.2 Å². The van der Waals surface area contributed by atoms with Crippen LogP contribution >= 0.6 is 11.8 Å². The number of nitrogens with one attached hydrogen (secondary N) is 1. The van der Waals surface area contributed by atoms with Crippen LogP contribution in [0, 0.1) is 0 Å². The highest BCUT2D eigenvalue weighted by Gasteiger charge is 2.30. The first-order valence-corrected chi connectivity index (χ1v) is 10.8. The fraction of sp³-hybridized carbons (Fsp3) is 0.227. The summed E-state index contributed by atoms with van der Waals surface area (Å²) in [6, 6.07) is 15.1. The van der Waals surface area contributed by atoms with E-state index in [4.69, 9.17) is 10.5 Å². The average molecular weight is 422 g/mol. The molecule has 154 valence electrons. The minimum atomic E-state index is -0.0777. The highest BCUT2D eigenvalue weighted by molar-refractivity contribution is 7.98. The van der Waals surface area contributed by atoms with Crippen molar-refractivity contribution in [2.24, 2.45) is 0 Å². The number of amides is 1. The Kier molecular flexibility index (Phi) is 5.76. The smallest absolute Gasteiger partial charge is 0.259 e. The van der Waals surface area contributed by atoms with E-state index in [2.05, 4.69) is 15.3 Å². The van der Waals surface area contributed by atoms with E-state index < -0.39 is 0 Å². The molecular weight excluding hydrogens is 398 g/mol. The van der Waals surface area contributed by atoms with Crippen LogP contribution in [0.5, 0.6) is 5.75 Å². The Labute approximate surface area is 179 Å². The van der Waals surface area contributed by atoms with Gasteiger partial charge in [0.15, 0.2) is 5.16 Å². The van der Waals surface area contributed by atoms with Crippen molar-refractivity contribution >= 4 is 34.9 Å². The third-order valence-corrected chi connectivity index (χ3v) is 5.50. The third kappa shape index (κ3) is 4.18. The number of rotatable bonds is 6. The average Bonchev–Trinajstić information content (AvgIpc) is 2.76. The number of ether oxygens (including phenoxy) is 1. The fourth-order valence-corrected chi connectivity index (χ4v) is 3.81. The SMILES string of the molecule is COc1ccc(CN2CCc3nc(SC)nc(Nc4cccc(N)c4)c3C2=O)cc1. The number of hydrogen-bond acceptors (Lipinski definition) is 7. The number of carbonyl (C=O) groups excluding carboxylic acids is 1. The molecular formula is C22H23N5O2S. The van der Waals surface area contributed by atoms with Crippen molar-refractivity contribution in [3.8, 4) is 5.75 Å². The van der Waals surface area contributed by atoms with E-state index in [1.807, 2.05) is 59.7 Å². The number of hydrogen-bond donors (Lipinski definition) is 2. The van der Waals surface area contributed by atoms with Gasteiger partial charge < -0.3 is 20.7 Å². The molecule has 0 saturated carbocycles. The number of methoxy groups -OCH3 is 1. The van der Waals surface area contributed by atoms with Crippen LogP contribution in [0.4, 0.5) is 17.2 Å². The Bertz CT molecular complexity index is 1070. The van der Waals surface area contributed by atoms with Crippen molar-refractivity contribution in [3.63, 3.8) is 0 Å². The number of nitrogens with two attached hydrogens (primary N) is 1. The second-order valence-corrected chi connectivity index (χ2v) is 7.73. The quantitative estimate of drug-likeness (QED) is 0.356. The van der Waals surface area contributed by atoms with Gasteiger partial charge in [-0.3, -0.25) is 4.79 Å². The number of benzene rings is 2. The van der Waals surface area contributed by atoms with Crippen LogP contribution in [0.1, 0.15) is 21.6 Å². The molecule has 1 aliphatic rings. The summed E-state index contributed by atoms with van der Waals surface area (Å²) in [5.41, 5.74) is 9.66. The summed E-state index contributed by atoms with van der Waals surface area (Å²) in [6.07, 6.45) is 2.60. The summed E-state index contributed by atoms with van der Waals surface area (Å²) in [5, 5.41) is 3.90. The van der Waals surface area contributed by atoms with Crippen molar-refractivity contribution in [1.29, 1.82) is 0 Å². The van der Waals surface area contributed by atoms with Crippen molar-refractivity contribution < 1.29 is 9.53 Å². The van der Waals surface area contributed by atoms with Crippen molar-refractivity contribution in [3.05, 3.63) is 65.4 Å². The van der Waals surface area contributed by atoms with Gasteiger partial charge in [-0.15, -0.1) is 0 Å². The molecule has 0 bridgehead atoms. The molecule has 0 saturated heterocycles. The van der Waals surface area contributed by atoms with E-state index in [0.29, 0.717) is 41.7 Å². The van der Waals surface area contributed by atoms with E-state index in [0.717, 1.165) is 22.7 Å². The van der Waals surface area contributed by atoms with Crippen LogP contribution in [0.2, 0.25) is 0 Å². The summed E-state index contributed by atoms with van der Waals surface area (Å²) >= 11 is 1.45. The molecule has 4 rings (SSSR count). The van der Waals surface area contributed by atoms with E-state index >= 15 is 0 Å². The maximum Gasteiger partial charge on any atom is 0.259 e. The van der Waals surface area contributed by atoms with Crippen LogP contribution in [-0.4, -0.2) is 40.7 Å². The summed E-state index contributed by atoms with van der Waals surface area (Å²) in [6.45, 7) is 1.13. The molecule has 1 aromatic heterocycles. The van der Waals surface area contributed by atoms with Gasteiger partial charge in [-0.1, -0.05) is 30.0 Å². The lowest BCUT2D eigenvalue weighted by Crippen LogP contribution is -2.38. The number of carbonyl (C=O) groups is 1. The number of nitrogens with zero attached hydrogens (tertiary/aromatic N) is 3. The third-order valence-electron chi connectivity index (χ3n) is 4.95. The molecule has 1 amide bonds. The van der Waals surface area contributed by atoms with Gasteiger partial charge in [0.25, 0.3) is 5.91 Å². The zero-order valence-corrected chi connectivity index (χ0v) is 17.7. The Morgan fingerprint density at radius 1 is 1.20 bits per heavy atom. The molecule has 7 nitrogen and oxygen atoms in total. The number of fused-ring (bicyclic) bond motifs is 1. The van der Waals surface area contributed by atoms with Crippen LogP contribution in [0.25, 0.3) is 0 Å². The van der Waals surface area contributed by atoms with Crippen LogP contribution in [0.3, 0.4) is 0 Å². The molecule has 0 fully saturated rings. The first-order chi connectivity index (χ1) is 14.6. The number of nitrogen functional groups attached to an aromatic ring is 1. The van der Waals surface area contributed by atoms with Crippen LogP contribution in [0.15, 0.2) is 53.7 Å². The van der Waals surface area contributed by atoms with Gasteiger partial charge in [-0.25, -0.2) is 9.97 Å². The molecule has 30 heavy (non-hydrogen) atoms. The predicted octanol–water partition coefficient (Wildman–Crippen LogP) is 3.73. The molecule has 0 aliphatic carbocycles. The number of aromatic nitrogens is 2. The lowest BCUT2D eigenvalue weighted by molar-refractivity contribution is 0.0725. The lowest BCUT2D eigenvalue weighted by atomic mass is 10.0. The highest BCUT2D eigenvalue weighted by atomic mass is 32.2. The molecule has 8 heteroatoms. The Morgan fingerprint density at radius 2 is 2.00 bits per heavy atom. The molecule has 0 unspecified atom stereocenters. The van der Waals surface area contributed by atoms with Crippen molar-refractivity contribution in [2.45, 2.75) is 18.1 Å². The van der Waals surface area contributed by atoms with Gasteiger partial charge >= 0.3 is 0 Å². The minimum Gasteiger partial charge on any atom is -0.497 e. The van der Waals surface area contributed by atoms with E-state index in [1.54, 1.807) is 7.11 Å². The second-order valence-electron chi connectivity index (χ2n) is 6.96. The summed E-state index contributed by atoms with van der Waals surface area (Å²) in [7, 11) is 1.64. The minimum absolute atomic E-state index is 0.0777. The van der Waals surface area contributed by atoms with Crippen LogP contribution in [-0.2, 0) is 13.0 Å². The first-order valence-electron chi connectivity index (χ1n) is 9.57. The summed E-state index contributed by atoms with van der Waals surface area (Å²) in [4.78, 5) is 24.4. The molecule has 3 N–H and O–H groups in total. The summed E-state index contributed by atoms with van der Waals surface area (Å²) < 4.78 is 5.21. The lowest BCUT2D eigenvalue weighted by Gasteiger charge is -2.29. The Morgan fingerprint density at radius 3 is 2.70 bits per heavy atom. The number of thioether (sulfide) groups is 1. The second kappa shape index (κ2) is 8.62. The molecule has 1 aliphatic heterocycles. The summed E-state index contributed by atoms with van der Waals surface area (Å²) in [5.74, 6) is 1.23. The normalized spacial score (nSPS) is 13.1. The molecule has 2 aromatic carbocycles. The van der Waals surface area contributed by atoms with Crippen LogP contribution < -0.4 is 15.8 Å². The Hall–Kier alpha value is -3.26. The van der Waals surface area contributed by atoms with E-state index in [-0.39, 0.29) is 5.91 Å². The van der Waals surface area contributed by atoms with E-state index in [9.17, 15) is 4.79 Å². The van der Waals surface area contributed by atoms with Gasteiger partial charge in [0.2, 0.25) is 0 Å². The molecule has 2 heterocycles. The monoisotopic (exact) mass is 421 g/mol. The fourth-order valence-electron chi connectivity index (χ4n) is 3.43. The van der Waals surface area contributed by atoms with Gasteiger partial charge in [0.05, 0.1) is 12.8 Å². The van der Waals surface area contributed by atoms with Crippen molar-refractivity contribution in [1.82, 2.24) is 14.9 Å². The first kappa shape index (κ1) is 20.0. The van der Waals surface area contributed by atoms with Gasteiger partial charge in [0, 0.05) is 30.9 Å². The maximum absolute atomic E-state index is 13.4. The molecule has 0 spiro atoms. The molecule has 3 aromatic rings. The standard InChI is InChI=1S/C22H23N5O2S/c1-29-17-8-6-14(7-9-17)13-27-11-10-18-19(21(27)28)20(26-22(25-18)30-2)24-16-5-3-4-15(23)12-16/h3-9,12H,10-11,13,23H2,1-2H3,(H,24,25,26). The van der Waals surface area contributed by atoms with Gasteiger partial charge in [0.1, 0.15) is 17.1 Å². The maximum atomic E-state index is 13.4. The highest BCUT2D eigenvalue weighted by Crippen LogP contribution is 2.30. The number of anilines is 3. The Balaban J connectivity index is 1.65. The van der Waals surface area contributed by atoms with Gasteiger partial charge in [-0.2, -0.15) is 0 Å². The van der Waals surface area contributed by atoms with E-state index in [1.165, 1.54) is 11.8 Å². The predicted molar refractivity (Wildman–Crippen MR) is 119 cm³/mol. The zero-order chi connectivity index (χ0) is 21.1.